The van der Waals surface area contributed by atoms with E-state index in [0.29, 0.717) is 56.9 Å². The first-order valence-electron chi connectivity index (χ1n) is 18.4. The van der Waals surface area contributed by atoms with E-state index in [0.717, 1.165) is 48.0 Å². The molecular weight excluding hydrogens is 699 g/mol. The molecule has 1 amide bonds. The van der Waals surface area contributed by atoms with Gasteiger partial charge >= 0.3 is 5.97 Å². The number of carbonyl (C=O) groups excluding carboxylic acids is 1. The Bertz CT molecular complexity index is 2460. The second kappa shape index (κ2) is 12.9. The van der Waals surface area contributed by atoms with Crippen molar-refractivity contribution in [2.24, 2.45) is 21.4 Å². The van der Waals surface area contributed by atoms with Gasteiger partial charge in [-0.3, -0.25) is 19.8 Å². The van der Waals surface area contributed by atoms with Crippen molar-refractivity contribution >= 4 is 49.5 Å². The lowest BCUT2D eigenvalue weighted by atomic mass is 9.46. The number of hydrogen-bond donors (Lipinski definition) is 2. The van der Waals surface area contributed by atoms with E-state index in [1.54, 1.807) is 36.7 Å². The molecule has 11 nitrogen and oxygen atoms in total. The number of pyridine rings is 2. The number of hydrogen-bond acceptors (Lipinski definition) is 9. The van der Waals surface area contributed by atoms with Crippen molar-refractivity contribution < 1.29 is 14.7 Å². The number of rotatable bonds is 9. The van der Waals surface area contributed by atoms with Gasteiger partial charge in [0.1, 0.15) is 5.54 Å². The van der Waals surface area contributed by atoms with Crippen molar-refractivity contribution in [1.29, 1.82) is 0 Å². The van der Waals surface area contributed by atoms with Crippen LogP contribution in [0.2, 0.25) is 0 Å². The van der Waals surface area contributed by atoms with E-state index in [1.807, 2.05) is 48.0 Å². The number of para-hydroxylation sites is 1. The molecule has 2 aromatic carbocycles. The highest BCUT2D eigenvalue weighted by atomic mass is 32.1. The highest BCUT2D eigenvalue weighted by Crippen LogP contribution is 2.64. The van der Waals surface area contributed by atoms with Gasteiger partial charge in [0.25, 0.3) is 5.91 Å². The zero-order valence-corrected chi connectivity index (χ0v) is 32.0. The summed E-state index contributed by atoms with van der Waals surface area (Å²) in [4.78, 5) is 52.4. The molecule has 2 N–H and O–H groups in total. The van der Waals surface area contributed by atoms with E-state index < -0.39 is 11.5 Å². The number of benzene rings is 2. The lowest BCUT2D eigenvalue weighted by molar-refractivity contribution is -0.0753. The van der Waals surface area contributed by atoms with Crippen LogP contribution in [0.15, 0.2) is 78.2 Å². The summed E-state index contributed by atoms with van der Waals surface area (Å²) in [5, 5.41) is 23.1. The minimum Gasteiger partial charge on any atom is -0.476 e. The first-order chi connectivity index (χ1) is 25.7. The van der Waals surface area contributed by atoms with Gasteiger partial charge in [-0.1, -0.05) is 68.8 Å². The Labute approximate surface area is 317 Å². The summed E-state index contributed by atoms with van der Waals surface area (Å²) in [6.45, 7) is 11.6. The van der Waals surface area contributed by atoms with Gasteiger partial charge in [-0.05, 0) is 97.7 Å². The SMILES string of the molecule is CCC1(C)CC2(C)CC(C)(Cn3ncc(-c4ccc(-c5ccc6nccc(C(=O)Nc7nc8ccccc8s7)c6c5)nc4C(=O)O)c3C)CC(N=O)(C1)C2. The van der Waals surface area contributed by atoms with Crippen LogP contribution in [-0.2, 0) is 6.54 Å². The maximum atomic E-state index is 13.5. The lowest BCUT2D eigenvalue weighted by Crippen LogP contribution is -2.55. The van der Waals surface area contributed by atoms with Crippen LogP contribution in [0.4, 0.5) is 5.13 Å². The number of nitrogens with zero attached hydrogens (tertiary/aromatic N) is 6. The summed E-state index contributed by atoms with van der Waals surface area (Å²) in [5.74, 6) is -1.48. The Balaban J connectivity index is 1.08. The molecule has 0 spiro atoms. The van der Waals surface area contributed by atoms with Crippen molar-refractivity contribution in [2.45, 2.75) is 85.2 Å². The van der Waals surface area contributed by atoms with Crippen molar-refractivity contribution in [2.75, 3.05) is 5.32 Å². The number of aromatic nitrogens is 5. The number of thiazole rings is 1. The van der Waals surface area contributed by atoms with Crippen LogP contribution in [0, 0.1) is 28.1 Å². The summed E-state index contributed by atoms with van der Waals surface area (Å²) in [6, 6.07) is 18.4. The average Bonchev–Trinajstić information content (AvgIpc) is 3.71. The molecule has 54 heavy (non-hydrogen) atoms. The van der Waals surface area contributed by atoms with E-state index in [1.165, 1.54) is 11.3 Å². The van der Waals surface area contributed by atoms with E-state index >= 15 is 0 Å². The zero-order chi connectivity index (χ0) is 38.0. The summed E-state index contributed by atoms with van der Waals surface area (Å²) < 4.78 is 2.93. The van der Waals surface area contributed by atoms with Crippen LogP contribution >= 0.6 is 11.3 Å². The van der Waals surface area contributed by atoms with Crippen LogP contribution in [0.3, 0.4) is 0 Å². The predicted molar refractivity (Wildman–Crippen MR) is 212 cm³/mol. The molecule has 2 aliphatic rings. The van der Waals surface area contributed by atoms with Gasteiger partial charge in [0.15, 0.2) is 10.8 Å². The molecule has 0 aliphatic heterocycles. The highest BCUT2D eigenvalue weighted by Gasteiger charge is 2.59. The Hall–Kier alpha value is -5.36. The number of nitrogens with one attached hydrogen (secondary N) is 1. The number of nitroso groups, excluding NO2 is 1. The second-order valence-electron chi connectivity index (χ2n) is 16.7. The normalized spacial score (nSPS) is 25.1. The minimum atomic E-state index is -1.16. The van der Waals surface area contributed by atoms with Crippen LogP contribution in [0.25, 0.3) is 43.5 Å². The van der Waals surface area contributed by atoms with Gasteiger partial charge in [0, 0.05) is 40.5 Å². The quantitative estimate of drug-likeness (QED) is 0.139. The van der Waals surface area contributed by atoms with Gasteiger partial charge in [-0.25, -0.2) is 14.8 Å². The molecule has 2 saturated carbocycles. The van der Waals surface area contributed by atoms with Gasteiger partial charge < -0.3 is 5.11 Å². The molecule has 2 fully saturated rings. The van der Waals surface area contributed by atoms with E-state index in [4.69, 9.17) is 5.10 Å². The minimum absolute atomic E-state index is 0.00380. The third-order valence-electron chi connectivity index (χ3n) is 11.8. The number of carboxylic acid groups (broad SMARTS) is 1. The molecule has 12 heteroatoms. The third kappa shape index (κ3) is 6.36. The average molecular weight is 742 g/mol. The largest absolute Gasteiger partial charge is 0.476 e. The maximum absolute atomic E-state index is 13.5. The van der Waals surface area contributed by atoms with Crippen molar-refractivity contribution in [1.82, 2.24) is 24.7 Å². The van der Waals surface area contributed by atoms with Gasteiger partial charge in [-0.15, -0.1) is 0 Å². The third-order valence-corrected chi connectivity index (χ3v) is 12.8. The maximum Gasteiger partial charge on any atom is 0.355 e. The fourth-order valence-electron chi connectivity index (χ4n) is 10.2. The number of anilines is 1. The predicted octanol–water partition coefficient (Wildman–Crippen LogP) is 9.94. The molecular formula is C42H43N7O4S. The van der Waals surface area contributed by atoms with E-state index in [-0.39, 0.29) is 27.8 Å². The number of fused-ring (bicyclic) bond motifs is 4. The fourth-order valence-corrected chi connectivity index (χ4v) is 11.1. The first kappa shape index (κ1) is 35.7. The van der Waals surface area contributed by atoms with Crippen LogP contribution in [0.5, 0.6) is 0 Å². The fraction of sp³-hybridized carbons (Fsp3) is 0.381. The zero-order valence-electron chi connectivity index (χ0n) is 31.1. The Morgan fingerprint density at radius 1 is 0.926 bits per heavy atom. The highest BCUT2D eigenvalue weighted by molar-refractivity contribution is 7.22. The molecule has 6 aromatic rings. The number of carbonyl (C=O) groups is 2. The van der Waals surface area contributed by atoms with Crippen molar-refractivity contribution in [3.63, 3.8) is 0 Å². The number of aromatic carboxylic acids is 1. The monoisotopic (exact) mass is 741 g/mol. The standard InChI is InChI=1S/C42H43N7O4S/c1-6-39(3)19-40(4)20-41(5,23-42(21-39,22-40)48-53)24-49-25(2)30(18-44-49)27-12-14-31(45-35(27)37(51)52)26-11-13-32-29(17-26)28(15-16-43-32)36(50)47-38-46-33-9-7-8-10-34(33)54-38/h7-18H,6,19-24H2,1-5H3,(H,51,52)(H,46,47,50). The molecule has 2 bridgehead atoms. The second-order valence-corrected chi connectivity index (χ2v) is 17.7. The van der Waals surface area contributed by atoms with Gasteiger partial charge in [-0.2, -0.15) is 10.0 Å². The number of amides is 1. The molecule has 4 aromatic heterocycles. The molecule has 4 atom stereocenters. The van der Waals surface area contributed by atoms with Crippen molar-refractivity contribution in [3.05, 3.63) is 94.9 Å². The molecule has 2 aliphatic carbocycles. The summed E-state index contributed by atoms with van der Waals surface area (Å²) in [6.07, 6.45) is 8.70. The van der Waals surface area contributed by atoms with Crippen LogP contribution in [-0.4, -0.2) is 47.3 Å². The number of carboxylic acids is 1. The summed E-state index contributed by atoms with van der Waals surface area (Å²) in [5.41, 5.74) is 4.14. The van der Waals surface area contributed by atoms with E-state index in [9.17, 15) is 19.6 Å². The van der Waals surface area contributed by atoms with Crippen molar-refractivity contribution in [3.8, 4) is 22.4 Å². The Morgan fingerprint density at radius 2 is 1.70 bits per heavy atom. The Morgan fingerprint density at radius 3 is 2.46 bits per heavy atom. The summed E-state index contributed by atoms with van der Waals surface area (Å²) >= 11 is 1.40. The smallest absolute Gasteiger partial charge is 0.355 e. The molecule has 276 valence electrons. The lowest BCUT2D eigenvalue weighted by Gasteiger charge is -2.59. The Kier molecular flexibility index (Phi) is 8.52. The molecule has 0 radical (unpaired) electrons. The van der Waals surface area contributed by atoms with Gasteiger partial charge in [0.05, 0.1) is 33.2 Å². The molecule has 8 rings (SSSR count). The topological polar surface area (TPSA) is 152 Å². The molecule has 4 unspecified atom stereocenters. The van der Waals surface area contributed by atoms with Gasteiger partial charge in [0.2, 0.25) is 0 Å². The molecule has 0 saturated heterocycles. The van der Waals surface area contributed by atoms with Crippen LogP contribution < -0.4 is 5.32 Å². The van der Waals surface area contributed by atoms with Crippen LogP contribution in [0.1, 0.15) is 92.8 Å². The van der Waals surface area contributed by atoms with E-state index in [2.05, 4.69) is 53.1 Å². The first-order valence-corrected chi connectivity index (χ1v) is 19.2. The molecule has 4 heterocycles. The summed E-state index contributed by atoms with van der Waals surface area (Å²) in [7, 11) is 0.